The summed E-state index contributed by atoms with van der Waals surface area (Å²) < 4.78 is 0. The zero-order valence-corrected chi connectivity index (χ0v) is 13.1. The third-order valence-electron chi connectivity index (χ3n) is 3.48. The van der Waals surface area contributed by atoms with Gasteiger partial charge in [0.2, 0.25) is 11.8 Å². The van der Waals surface area contributed by atoms with Crippen LogP contribution in [0.1, 0.15) is 34.1 Å². The van der Waals surface area contributed by atoms with Crippen LogP contribution in [0.2, 0.25) is 0 Å². The van der Waals surface area contributed by atoms with Crippen molar-refractivity contribution >= 4 is 23.2 Å². The van der Waals surface area contributed by atoms with Crippen molar-refractivity contribution in [2.24, 2.45) is 17.6 Å². The number of carbonyl (C=O) groups excluding carboxylic acids is 2. The summed E-state index contributed by atoms with van der Waals surface area (Å²) in [6, 6.07) is 6.52. The lowest BCUT2D eigenvalue weighted by molar-refractivity contribution is -0.119. The van der Waals surface area contributed by atoms with Gasteiger partial charge in [-0.1, -0.05) is 40.2 Å². The van der Waals surface area contributed by atoms with Crippen molar-refractivity contribution in [3.05, 3.63) is 24.3 Å². The van der Waals surface area contributed by atoms with E-state index in [4.69, 9.17) is 5.73 Å². The lowest BCUT2D eigenvalue weighted by Crippen LogP contribution is -2.40. The Bertz CT molecular complexity index is 500. The monoisotopic (exact) mass is 291 g/mol. The highest BCUT2D eigenvalue weighted by Gasteiger charge is 2.19. The van der Waals surface area contributed by atoms with E-state index >= 15 is 0 Å². The first kappa shape index (κ1) is 17.2. The zero-order chi connectivity index (χ0) is 16.0. The minimum Gasteiger partial charge on any atom is -0.326 e. The van der Waals surface area contributed by atoms with Crippen LogP contribution in [-0.4, -0.2) is 17.9 Å². The molecule has 2 amide bonds. The molecule has 0 saturated carbocycles. The van der Waals surface area contributed by atoms with Gasteiger partial charge in [-0.25, -0.2) is 0 Å². The topological polar surface area (TPSA) is 84.2 Å². The Morgan fingerprint density at radius 2 is 1.62 bits per heavy atom. The molecule has 2 unspecified atom stereocenters. The number of anilines is 2. The Labute approximate surface area is 126 Å². The van der Waals surface area contributed by atoms with Crippen LogP contribution in [0.4, 0.5) is 11.4 Å². The Morgan fingerprint density at radius 3 is 2.10 bits per heavy atom. The zero-order valence-electron chi connectivity index (χ0n) is 13.1. The highest BCUT2D eigenvalue weighted by atomic mass is 16.2. The first-order valence-corrected chi connectivity index (χ1v) is 7.32. The molecule has 0 aliphatic rings. The molecule has 0 heterocycles. The number of rotatable bonds is 6. The first-order chi connectivity index (χ1) is 9.85. The van der Waals surface area contributed by atoms with E-state index in [1.165, 1.54) is 0 Å². The maximum Gasteiger partial charge on any atom is 0.241 e. The van der Waals surface area contributed by atoms with E-state index in [9.17, 15) is 9.59 Å². The summed E-state index contributed by atoms with van der Waals surface area (Å²) in [5.41, 5.74) is 7.18. The number of nitrogens with two attached hydrogens (primary N) is 1. The molecule has 1 aromatic rings. The average Bonchev–Trinajstić information content (AvgIpc) is 2.45. The number of carbonyl (C=O) groups is 2. The number of benzene rings is 1. The van der Waals surface area contributed by atoms with Crippen LogP contribution in [-0.2, 0) is 9.59 Å². The SMILES string of the molecule is CCC(C)C(N)C(=O)Nc1cccc(NC(=O)C(C)C)c1. The van der Waals surface area contributed by atoms with Crippen molar-refractivity contribution < 1.29 is 9.59 Å². The second kappa shape index (κ2) is 7.78. The Morgan fingerprint density at radius 1 is 1.10 bits per heavy atom. The Balaban J connectivity index is 2.72. The number of hydrogen-bond donors (Lipinski definition) is 3. The van der Waals surface area contributed by atoms with E-state index in [-0.39, 0.29) is 23.7 Å². The molecule has 0 aliphatic carbocycles. The van der Waals surface area contributed by atoms with E-state index in [1.807, 2.05) is 27.7 Å². The predicted molar refractivity (Wildman–Crippen MR) is 86.0 cm³/mol. The average molecular weight is 291 g/mol. The molecule has 2 atom stereocenters. The molecule has 5 nitrogen and oxygen atoms in total. The summed E-state index contributed by atoms with van der Waals surface area (Å²) in [6.07, 6.45) is 0.846. The third-order valence-corrected chi connectivity index (χ3v) is 3.48. The van der Waals surface area contributed by atoms with Gasteiger partial charge in [-0.15, -0.1) is 0 Å². The molecular formula is C16H25N3O2. The van der Waals surface area contributed by atoms with Crippen LogP contribution in [0.5, 0.6) is 0 Å². The van der Waals surface area contributed by atoms with Gasteiger partial charge in [0, 0.05) is 17.3 Å². The van der Waals surface area contributed by atoms with Crippen LogP contribution < -0.4 is 16.4 Å². The van der Waals surface area contributed by atoms with Gasteiger partial charge in [-0.05, 0) is 24.1 Å². The smallest absolute Gasteiger partial charge is 0.241 e. The van der Waals surface area contributed by atoms with Gasteiger partial charge in [0.05, 0.1) is 6.04 Å². The molecule has 116 valence electrons. The highest BCUT2D eigenvalue weighted by Crippen LogP contribution is 2.17. The van der Waals surface area contributed by atoms with Gasteiger partial charge in [0.1, 0.15) is 0 Å². The quantitative estimate of drug-likeness (QED) is 0.753. The van der Waals surface area contributed by atoms with Crippen LogP contribution in [0, 0.1) is 11.8 Å². The first-order valence-electron chi connectivity index (χ1n) is 7.32. The number of nitrogens with one attached hydrogen (secondary N) is 2. The Hall–Kier alpha value is -1.88. The maximum absolute atomic E-state index is 12.0. The van der Waals surface area contributed by atoms with E-state index in [1.54, 1.807) is 24.3 Å². The lowest BCUT2D eigenvalue weighted by Gasteiger charge is -2.18. The van der Waals surface area contributed by atoms with E-state index in [2.05, 4.69) is 10.6 Å². The molecule has 0 saturated heterocycles. The molecule has 0 radical (unpaired) electrons. The molecule has 0 bridgehead atoms. The largest absolute Gasteiger partial charge is 0.326 e. The van der Waals surface area contributed by atoms with Gasteiger partial charge >= 0.3 is 0 Å². The van der Waals surface area contributed by atoms with Crippen molar-refractivity contribution in [3.8, 4) is 0 Å². The summed E-state index contributed by atoms with van der Waals surface area (Å²) in [5, 5.41) is 5.58. The molecular weight excluding hydrogens is 266 g/mol. The third kappa shape index (κ3) is 5.19. The Kier molecular flexibility index (Phi) is 6.37. The summed E-state index contributed by atoms with van der Waals surface area (Å²) >= 11 is 0. The van der Waals surface area contributed by atoms with Crippen molar-refractivity contribution in [2.75, 3.05) is 10.6 Å². The van der Waals surface area contributed by atoms with E-state index in [0.717, 1.165) is 6.42 Å². The van der Waals surface area contributed by atoms with Gasteiger partial charge < -0.3 is 16.4 Å². The number of hydrogen-bond acceptors (Lipinski definition) is 3. The predicted octanol–water partition coefficient (Wildman–Crippen LogP) is 2.59. The molecule has 0 aliphatic heterocycles. The highest BCUT2D eigenvalue weighted by molar-refractivity contribution is 5.96. The van der Waals surface area contributed by atoms with Crippen LogP contribution >= 0.6 is 0 Å². The van der Waals surface area contributed by atoms with Crippen LogP contribution in [0.25, 0.3) is 0 Å². The molecule has 0 spiro atoms. The summed E-state index contributed by atoms with van der Waals surface area (Å²) in [4.78, 5) is 23.7. The molecule has 1 rings (SSSR count). The molecule has 4 N–H and O–H groups in total. The second-order valence-electron chi connectivity index (χ2n) is 5.63. The minimum atomic E-state index is -0.538. The summed E-state index contributed by atoms with van der Waals surface area (Å²) in [5.74, 6) is -0.248. The van der Waals surface area contributed by atoms with Crippen molar-refractivity contribution in [1.29, 1.82) is 0 Å². The molecule has 5 heteroatoms. The standard InChI is InChI=1S/C16H25N3O2/c1-5-11(4)14(17)16(21)19-13-8-6-7-12(9-13)18-15(20)10(2)3/h6-11,14H,5,17H2,1-4H3,(H,18,20)(H,19,21). The fraction of sp³-hybridized carbons (Fsp3) is 0.500. The fourth-order valence-corrected chi connectivity index (χ4v) is 1.70. The molecule has 21 heavy (non-hydrogen) atoms. The van der Waals surface area contributed by atoms with E-state index < -0.39 is 6.04 Å². The van der Waals surface area contributed by atoms with Gasteiger partial charge in [0.15, 0.2) is 0 Å². The van der Waals surface area contributed by atoms with Crippen LogP contribution in [0.15, 0.2) is 24.3 Å². The fourth-order valence-electron chi connectivity index (χ4n) is 1.70. The summed E-state index contributed by atoms with van der Waals surface area (Å²) in [6.45, 7) is 7.60. The number of amides is 2. The van der Waals surface area contributed by atoms with Crippen molar-refractivity contribution in [3.63, 3.8) is 0 Å². The molecule has 0 fully saturated rings. The maximum atomic E-state index is 12.0. The van der Waals surface area contributed by atoms with E-state index in [0.29, 0.717) is 11.4 Å². The normalized spacial score (nSPS) is 13.6. The minimum absolute atomic E-state index is 0.0604. The molecule has 0 aromatic heterocycles. The molecule has 1 aromatic carbocycles. The van der Waals surface area contributed by atoms with Crippen molar-refractivity contribution in [1.82, 2.24) is 0 Å². The summed E-state index contributed by atoms with van der Waals surface area (Å²) in [7, 11) is 0. The van der Waals surface area contributed by atoms with Gasteiger partial charge in [-0.2, -0.15) is 0 Å². The van der Waals surface area contributed by atoms with Crippen LogP contribution in [0.3, 0.4) is 0 Å². The van der Waals surface area contributed by atoms with Crippen molar-refractivity contribution in [2.45, 2.75) is 40.2 Å². The van der Waals surface area contributed by atoms with Gasteiger partial charge in [-0.3, -0.25) is 9.59 Å². The van der Waals surface area contributed by atoms with Gasteiger partial charge in [0.25, 0.3) is 0 Å². The lowest BCUT2D eigenvalue weighted by atomic mass is 9.99. The second-order valence-corrected chi connectivity index (χ2v) is 5.63.